The largest absolute Gasteiger partial charge is 0.389 e. The average molecular weight is 442 g/mol. The van der Waals surface area contributed by atoms with Crippen molar-refractivity contribution in [2.45, 2.75) is 41.7 Å². The molecule has 150 valence electrons. The Kier molecular flexibility index (Phi) is 5.50. The monoisotopic (exact) mass is 441 g/mol. The van der Waals surface area contributed by atoms with Crippen LogP contribution in [0.25, 0.3) is 0 Å². The van der Waals surface area contributed by atoms with Crippen LogP contribution in [0.2, 0.25) is 0 Å². The maximum Gasteiger partial charge on any atom is 0.280 e. The Labute approximate surface area is 170 Å². The third kappa shape index (κ3) is 4.27. The van der Waals surface area contributed by atoms with Crippen molar-refractivity contribution in [3.05, 3.63) is 28.1 Å². The highest BCUT2D eigenvalue weighted by Gasteiger charge is 2.38. The van der Waals surface area contributed by atoms with E-state index in [1.165, 1.54) is 17.4 Å². The summed E-state index contributed by atoms with van der Waals surface area (Å²) in [6, 6.07) is 3.13. The van der Waals surface area contributed by atoms with Crippen molar-refractivity contribution < 1.29 is 22.8 Å². The molecule has 0 radical (unpaired) electrons. The van der Waals surface area contributed by atoms with Gasteiger partial charge in [-0.15, -0.1) is 22.7 Å². The summed E-state index contributed by atoms with van der Waals surface area (Å²) in [5, 5.41) is 6.89. The van der Waals surface area contributed by atoms with E-state index in [1.807, 2.05) is 6.92 Å². The molecule has 1 N–H and O–H groups in total. The molecule has 1 aliphatic heterocycles. The average Bonchev–Trinajstić information content (AvgIpc) is 3.04. The van der Waals surface area contributed by atoms with Crippen molar-refractivity contribution in [3.63, 3.8) is 0 Å². The molecule has 11 heteroatoms. The molecule has 28 heavy (non-hydrogen) atoms. The lowest BCUT2D eigenvalue weighted by molar-refractivity contribution is -0.110. The SMILES string of the molecule is Cc1cnc(NC(=O)C(=NO[C@@H]2CCOC2)c2ccc(S(=O)(=O)C3CC3)s2)s1. The van der Waals surface area contributed by atoms with Gasteiger partial charge in [-0.2, -0.15) is 0 Å². The van der Waals surface area contributed by atoms with Crippen molar-refractivity contribution >= 4 is 49.3 Å². The molecular weight excluding hydrogens is 422 g/mol. The number of aromatic nitrogens is 1. The predicted molar refractivity (Wildman–Crippen MR) is 107 cm³/mol. The Morgan fingerprint density at radius 2 is 2.14 bits per heavy atom. The van der Waals surface area contributed by atoms with Crippen LogP contribution >= 0.6 is 22.7 Å². The zero-order chi connectivity index (χ0) is 19.7. The quantitative estimate of drug-likeness (QED) is 0.523. The summed E-state index contributed by atoms with van der Waals surface area (Å²) in [6.07, 6.45) is 3.50. The highest BCUT2D eigenvalue weighted by atomic mass is 32.2. The number of oxime groups is 1. The lowest BCUT2D eigenvalue weighted by Crippen LogP contribution is -2.24. The summed E-state index contributed by atoms with van der Waals surface area (Å²) in [4.78, 5) is 23.8. The zero-order valence-electron chi connectivity index (χ0n) is 15.1. The second kappa shape index (κ2) is 7.90. The van der Waals surface area contributed by atoms with Crippen LogP contribution in [-0.4, -0.2) is 49.6 Å². The minimum absolute atomic E-state index is 0.0296. The molecule has 4 rings (SSSR count). The number of anilines is 1. The van der Waals surface area contributed by atoms with Gasteiger partial charge in [0.1, 0.15) is 4.21 Å². The van der Waals surface area contributed by atoms with Crippen molar-refractivity contribution in [3.8, 4) is 0 Å². The van der Waals surface area contributed by atoms with Crippen LogP contribution < -0.4 is 5.32 Å². The molecular formula is C17H19N3O5S3. The molecule has 2 aromatic rings. The van der Waals surface area contributed by atoms with Crippen LogP contribution in [0.4, 0.5) is 5.13 Å². The number of carbonyl (C=O) groups is 1. The topological polar surface area (TPSA) is 107 Å². The molecule has 0 spiro atoms. The van der Waals surface area contributed by atoms with E-state index in [0.717, 1.165) is 16.2 Å². The van der Waals surface area contributed by atoms with Crippen molar-refractivity contribution in [1.82, 2.24) is 4.98 Å². The molecule has 1 atom stereocenters. The minimum Gasteiger partial charge on any atom is -0.389 e. The highest BCUT2D eigenvalue weighted by molar-refractivity contribution is 7.94. The van der Waals surface area contributed by atoms with E-state index >= 15 is 0 Å². The molecule has 3 heterocycles. The molecule has 0 aromatic carbocycles. The summed E-state index contributed by atoms with van der Waals surface area (Å²) < 4.78 is 30.5. The Balaban J connectivity index is 1.59. The molecule has 0 unspecified atom stereocenters. The predicted octanol–water partition coefficient (Wildman–Crippen LogP) is 2.60. The van der Waals surface area contributed by atoms with Crippen LogP contribution in [0.1, 0.15) is 29.0 Å². The Morgan fingerprint density at radius 3 is 2.79 bits per heavy atom. The van der Waals surface area contributed by atoms with E-state index in [0.29, 0.717) is 42.5 Å². The number of hydrogen-bond acceptors (Lipinski definition) is 9. The van der Waals surface area contributed by atoms with Gasteiger partial charge >= 0.3 is 0 Å². The normalized spacial score (nSPS) is 20.3. The smallest absolute Gasteiger partial charge is 0.280 e. The molecule has 2 fully saturated rings. The van der Waals surface area contributed by atoms with Gasteiger partial charge in [-0.1, -0.05) is 5.16 Å². The fourth-order valence-corrected chi connectivity index (χ4v) is 6.49. The van der Waals surface area contributed by atoms with Crippen molar-refractivity contribution in [1.29, 1.82) is 0 Å². The molecule has 0 bridgehead atoms. The number of hydrogen-bond donors (Lipinski definition) is 1. The standard InChI is InChI=1S/C17H19N3O5S3/c1-10-8-18-17(26-10)19-16(21)15(20-25-11-6-7-24-9-11)13-4-5-14(27-13)28(22,23)12-2-3-12/h4-5,8,11-12H,2-3,6-7,9H2,1H3,(H,18,19,21)/t11-/m1/s1. The van der Waals surface area contributed by atoms with Gasteiger partial charge in [-0.05, 0) is 31.9 Å². The summed E-state index contributed by atoms with van der Waals surface area (Å²) in [7, 11) is -3.33. The number of rotatable bonds is 7. The van der Waals surface area contributed by atoms with Gasteiger partial charge in [-0.3, -0.25) is 10.1 Å². The van der Waals surface area contributed by atoms with Gasteiger partial charge in [0.25, 0.3) is 5.91 Å². The van der Waals surface area contributed by atoms with E-state index in [2.05, 4.69) is 15.5 Å². The molecule has 1 amide bonds. The third-order valence-corrected chi connectivity index (χ3v) is 9.00. The van der Waals surface area contributed by atoms with E-state index in [4.69, 9.17) is 9.57 Å². The Bertz CT molecular complexity index is 1000. The molecule has 8 nitrogen and oxygen atoms in total. The van der Waals surface area contributed by atoms with Crippen LogP contribution in [0.5, 0.6) is 0 Å². The number of ether oxygens (including phenoxy) is 1. The first-order chi connectivity index (χ1) is 13.4. The van der Waals surface area contributed by atoms with Crippen molar-refractivity contribution in [2.75, 3.05) is 18.5 Å². The fraction of sp³-hybridized carbons (Fsp3) is 0.471. The number of sulfone groups is 1. The summed E-state index contributed by atoms with van der Waals surface area (Å²) in [5.74, 6) is -0.495. The number of thiophene rings is 1. The Morgan fingerprint density at radius 1 is 1.32 bits per heavy atom. The third-order valence-electron chi connectivity index (χ3n) is 4.30. The molecule has 1 saturated carbocycles. The first-order valence-corrected chi connectivity index (χ1v) is 12.0. The van der Waals surface area contributed by atoms with Gasteiger partial charge < -0.3 is 9.57 Å². The van der Waals surface area contributed by atoms with Crippen molar-refractivity contribution in [2.24, 2.45) is 5.16 Å². The number of amides is 1. The van der Waals surface area contributed by atoms with E-state index in [-0.39, 0.29) is 21.3 Å². The van der Waals surface area contributed by atoms with Crippen LogP contribution in [0.15, 0.2) is 27.7 Å². The number of aryl methyl sites for hydroxylation is 1. The van der Waals surface area contributed by atoms with E-state index < -0.39 is 15.7 Å². The first kappa shape index (κ1) is 19.5. The molecule has 2 aliphatic rings. The number of thiazole rings is 1. The molecule has 2 aromatic heterocycles. The van der Waals surface area contributed by atoms with E-state index in [1.54, 1.807) is 12.3 Å². The highest BCUT2D eigenvalue weighted by Crippen LogP contribution is 2.36. The molecule has 1 saturated heterocycles. The van der Waals surface area contributed by atoms with Gasteiger partial charge in [0.15, 0.2) is 26.8 Å². The van der Waals surface area contributed by atoms with Gasteiger partial charge in [0.05, 0.1) is 23.3 Å². The maximum atomic E-state index is 12.8. The van der Waals surface area contributed by atoms with E-state index in [9.17, 15) is 13.2 Å². The summed E-state index contributed by atoms with van der Waals surface area (Å²) >= 11 is 2.38. The number of carbonyl (C=O) groups excluding carboxylic acids is 1. The van der Waals surface area contributed by atoms with Crippen LogP contribution in [0, 0.1) is 6.92 Å². The lowest BCUT2D eigenvalue weighted by atomic mass is 10.3. The van der Waals surface area contributed by atoms with Gasteiger partial charge in [0.2, 0.25) is 0 Å². The van der Waals surface area contributed by atoms with Crippen LogP contribution in [0.3, 0.4) is 0 Å². The molecule has 1 aliphatic carbocycles. The second-order valence-electron chi connectivity index (χ2n) is 6.62. The van der Waals surface area contributed by atoms with Gasteiger partial charge in [-0.25, -0.2) is 13.4 Å². The second-order valence-corrected chi connectivity index (χ2v) is 11.4. The maximum absolute atomic E-state index is 12.8. The van der Waals surface area contributed by atoms with Crippen LogP contribution in [-0.2, 0) is 24.2 Å². The summed E-state index contributed by atoms with van der Waals surface area (Å²) in [5.41, 5.74) is 0.0296. The van der Waals surface area contributed by atoms with Gasteiger partial charge in [0, 0.05) is 17.5 Å². The first-order valence-electron chi connectivity index (χ1n) is 8.83. The minimum atomic E-state index is -3.33. The zero-order valence-corrected chi connectivity index (χ0v) is 17.5. The fourth-order valence-electron chi connectivity index (χ4n) is 2.63. The number of nitrogens with one attached hydrogen (secondary N) is 1. The Hall–Kier alpha value is -1.82. The summed E-state index contributed by atoms with van der Waals surface area (Å²) in [6.45, 7) is 2.89. The number of nitrogens with zero attached hydrogens (tertiary/aromatic N) is 2. The lowest BCUT2D eigenvalue weighted by Gasteiger charge is -2.08.